The number of fused-ring (bicyclic) bond motifs is 2. The van der Waals surface area contributed by atoms with Crippen LogP contribution in [0, 0.1) is 0 Å². The topological polar surface area (TPSA) is 83.6 Å². The molecule has 5 rings (SSSR count). The second-order valence-electron chi connectivity index (χ2n) is 8.81. The van der Waals surface area contributed by atoms with E-state index < -0.39 is 17.7 Å². The minimum atomic E-state index is -0.941. The minimum absolute atomic E-state index is 0.0733. The molecule has 2 aliphatic heterocycles. The average Bonchev–Trinajstić information content (AvgIpc) is 2.86. The summed E-state index contributed by atoms with van der Waals surface area (Å²) in [4.78, 5) is 32.5. The zero-order valence-corrected chi connectivity index (χ0v) is 21.2. The minimum Gasteiger partial charge on any atom is -0.436 e. The van der Waals surface area contributed by atoms with E-state index in [0.717, 1.165) is 15.6 Å². The molecule has 3 aromatic rings. The van der Waals surface area contributed by atoms with Crippen LogP contribution >= 0.6 is 27.5 Å². The van der Waals surface area contributed by atoms with E-state index in [1.54, 1.807) is 23.2 Å². The molecular formula is C26H24BrClN4O3. The molecule has 3 heterocycles. The van der Waals surface area contributed by atoms with Gasteiger partial charge in [0.05, 0.1) is 12.2 Å². The molecule has 2 atom stereocenters. The van der Waals surface area contributed by atoms with E-state index in [1.165, 1.54) is 0 Å². The second kappa shape index (κ2) is 9.87. The van der Waals surface area contributed by atoms with Crippen molar-refractivity contribution in [1.29, 1.82) is 0 Å². The highest BCUT2D eigenvalue weighted by Crippen LogP contribution is 2.43. The van der Waals surface area contributed by atoms with Crippen LogP contribution in [0.1, 0.15) is 24.0 Å². The molecule has 2 aromatic carbocycles. The monoisotopic (exact) mass is 554 g/mol. The molecule has 7 nitrogen and oxygen atoms in total. The molecule has 2 aliphatic rings. The van der Waals surface area contributed by atoms with Crippen LogP contribution in [0.15, 0.2) is 71.3 Å². The molecule has 0 radical (unpaired) electrons. The van der Waals surface area contributed by atoms with Gasteiger partial charge in [-0.15, -0.1) is 0 Å². The Bertz CT molecular complexity index is 1240. The van der Waals surface area contributed by atoms with Gasteiger partial charge in [0.15, 0.2) is 5.60 Å². The van der Waals surface area contributed by atoms with Crippen molar-refractivity contribution in [3.63, 3.8) is 0 Å². The number of aromatic nitrogens is 1. The van der Waals surface area contributed by atoms with E-state index in [1.807, 2.05) is 48.5 Å². The number of benzene rings is 2. The molecule has 0 bridgehead atoms. The number of hydrogen-bond donors (Lipinski definition) is 2. The van der Waals surface area contributed by atoms with Crippen LogP contribution in [0.3, 0.4) is 0 Å². The van der Waals surface area contributed by atoms with E-state index in [4.69, 9.17) is 16.3 Å². The van der Waals surface area contributed by atoms with Gasteiger partial charge in [0.1, 0.15) is 11.9 Å². The zero-order chi connectivity index (χ0) is 24.4. The summed E-state index contributed by atoms with van der Waals surface area (Å²) in [5.74, 6) is 0.537. The molecule has 0 saturated carbocycles. The van der Waals surface area contributed by atoms with E-state index in [0.29, 0.717) is 42.3 Å². The third kappa shape index (κ3) is 5.13. The predicted molar refractivity (Wildman–Crippen MR) is 139 cm³/mol. The molecular weight excluding hydrogens is 532 g/mol. The van der Waals surface area contributed by atoms with Crippen LogP contribution < -0.4 is 10.6 Å². The highest BCUT2D eigenvalue weighted by atomic mass is 79.9. The smallest absolute Gasteiger partial charge is 0.412 e. The molecule has 9 heteroatoms. The Morgan fingerprint density at radius 2 is 2.06 bits per heavy atom. The van der Waals surface area contributed by atoms with Gasteiger partial charge in [0, 0.05) is 34.2 Å². The first-order valence-electron chi connectivity index (χ1n) is 11.4. The van der Waals surface area contributed by atoms with Crippen LogP contribution in [-0.4, -0.2) is 41.0 Å². The summed E-state index contributed by atoms with van der Waals surface area (Å²) >= 11 is 9.69. The van der Waals surface area contributed by atoms with E-state index >= 15 is 0 Å². The maximum atomic E-state index is 13.9. The SMILES string of the molecule is O=C1Nc2ccc(Cl)cc2[C@@]2(CCCN(C(=O)[C@H](Cc3ccccc3)Nc3ccc(Br)cn3)C2)O1. The molecule has 2 N–H and O–H groups in total. The van der Waals surface area contributed by atoms with Crippen LogP contribution in [0.25, 0.3) is 0 Å². The number of nitrogens with zero attached hydrogens (tertiary/aromatic N) is 2. The summed E-state index contributed by atoms with van der Waals surface area (Å²) in [5.41, 5.74) is 1.55. The number of anilines is 2. The Kier molecular flexibility index (Phi) is 6.67. The van der Waals surface area contributed by atoms with Gasteiger partial charge in [0.2, 0.25) is 5.91 Å². The van der Waals surface area contributed by atoms with Crippen LogP contribution in [-0.2, 0) is 21.6 Å². The Balaban J connectivity index is 1.44. The fourth-order valence-corrected chi connectivity index (χ4v) is 5.20. The van der Waals surface area contributed by atoms with E-state index in [2.05, 4.69) is 31.5 Å². The molecule has 1 spiro atoms. The standard InChI is InChI=1S/C26H24BrClN4O3/c27-18-7-10-23(29-15-18)30-22(13-17-5-2-1-3-6-17)24(33)32-12-4-11-26(16-32)20-14-19(28)8-9-21(20)31-25(34)35-26/h1-3,5-10,14-15,22H,4,11-13,16H2,(H,29,30)(H,31,34)/t22-,26-/m0/s1. The van der Waals surface area contributed by atoms with Crippen LogP contribution in [0.4, 0.5) is 16.3 Å². The lowest BCUT2D eigenvalue weighted by atomic mass is 9.83. The van der Waals surface area contributed by atoms with Gasteiger partial charge in [-0.05, 0) is 64.7 Å². The highest BCUT2D eigenvalue weighted by molar-refractivity contribution is 9.10. The highest BCUT2D eigenvalue weighted by Gasteiger charge is 2.47. The van der Waals surface area contributed by atoms with Crippen LogP contribution in [0.2, 0.25) is 5.02 Å². The van der Waals surface area contributed by atoms with Crippen molar-refractivity contribution in [3.05, 3.63) is 87.5 Å². The van der Waals surface area contributed by atoms with Crippen molar-refractivity contribution >= 4 is 51.0 Å². The zero-order valence-electron chi connectivity index (χ0n) is 18.8. The summed E-state index contributed by atoms with van der Waals surface area (Å²) in [7, 11) is 0. The number of piperidine rings is 1. The van der Waals surface area contributed by atoms with Gasteiger partial charge in [-0.1, -0.05) is 41.9 Å². The largest absolute Gasteiger partial charge is 0.436 e. The molecule has 2 amide bonds. The predicted octanol–water partition coefficient (Wildman–Crippen LogP) is 5.60. The van der Waals surface area contributed by atoms with Crippen molar-refractivity contribution < 1.29 is 14.3 Å². The first-order chi connectivity index (χ1) is 16.9. The fourth-order valence-electron chi connectivity index (χ4n) is 4.79. The van der Waals surface area contributed by atoms with Gasteiger partial charge in [-0.2, -0.15) is 0 Å². The second-order valence-corrected chi connectivity index (χ2v) is 10.2. The quantitative estimate of drug-likeness (QED) is 0.428. The number of nitrogens with one attached hydrogen (secondary N) is 2. The number of carbonyl (C=O) groups is 2. The van der Waals surface area contributed by atoms with E-state index in [9.17, 15) is 9.59 Å². The summed E-state index contributed by atoms with van der Waals surface area (Å²) in [6, 6.07) is 18.4. The number of pyridine rings is 1. The van der Waals surface area contributed by atoms with Gasteiger partial charge in [-0.25, -0.2) is 9.78 Å². The number of halogens is 2. The van der Waals surface area contributed by atoms with Gasteiger partial charge < -0.3 is 15.0 Å². The Morgan fingerprint density at radius 3 is 2.83 bits per heavy atom. The molecule has 1 aromatic heterocycles. The number of likely N-dealkylation sites (tertiary alicyclic amines) is 1. The number of carbonyl (C=O) groups excluding carboxylic acids is 2. The lowest BCUT2D eigenvalue weighted by Gasteiger charge is -2.45. The molecule has 180 valence electrons. The Labute approximate surface area is 217 Å². The number of rotatable bonds is 5. The third-order valence-electron chi connectivity index (χ3n) is 6.39. The van der Waals surface area contributed by atoms with Crippen molar-refractivity contribution in [3.8, 4) is 0 Å². The number of ether oxygens (including phenoxy) is 1. The van der Waals surface area contributed by atoms with Crippen molar-refractivity contribution in [2.75, 3.05) is 23.7 Å². The lowest BCUT2D eigenvalue weighted by Crippen LogP contribution is -2.56. The lowest BCUT2D eigenvalue weighted by molar-refractivity contribution is -0.139. The van der Waals surface area contributed by atoms with Crippen molar-refractivity contribution in [1.82, 2.24) is 9.88 Å². The summed E-state index contributed by atoms with van der Waals surface area (Å²) in [6.45, 7) is 0.829. The number of amides is 2. The molecule has 1 fully saturated rings. The van der Waals surface area contributed by atoms with Gasteiger partial charge >= 0.3 is 6.09 Å². The van der Waals surface area contributed by atoms with Crippen LogP contribution in [0.5, 0.6) is 0 Å². The first-order valence-corrected chi connectivity index (χ1v) is 12.6. The van der Waals surface area contributed by atoms with Crippen molar-refractivity contribution in [2.45, 2.75) is 30.9 Å². The molecule has 0 aliphatic carbocycles. The molecule has 1 saturated heterocycles. The van der Waals surface area contributed by atoms with Gasteiger partial charge in [-0.3, -0.25) is 10.1 Å². The summed E-state index contributed by atoms with van der Waals surface area (Å²) < 4.78 is 6.72. The maximum absolute atomic E-state index is 13.9. The fraction of sp³-hybridized carbons (Fsp3) is 0.269. The molecule has 35 heavy (non-hydrogen) atoms. The Morgan fingerprint density at radius 1 is 1.23 bits per heavy atom. The normalized spacial score (nSPS) is 19.9. The maximum Gasteiger partial charge on any atom is 0.412 e. The first kappa shape index (κ1) is 23.6. The average molecular weight is 556 g/mol. The summed E-state index contributed by atoms with van der Waals surface area (Å²) in [5, 5.41) is 6.62. The number of hydrogen-bond acceptors (Lipinski definition) is 5. The molecule has 0 unspecified atom stereocenters. The van der Waals surface area contributed by atoms with E-state index in [-0.39, 0.29) is 12.5 Å². The van der Waals surface area contributed by atoms with Crippen molar-refractivity contribution in [2.24, 2.45) is 0 Å². The Hall–Kier alpha value is -3.10. The third-order valence-corrected chi connectivity index (χ3v) is 7.10. The van der Waals surface area contributed by atoms with Gasteiger partial charge in [0.25, 0.3) is 0 Å². The summed E-state index contributed by atoms with van der Waals surface area (Å²) in [6.07, 6.45) is 2.97.